The third kappa shape index (κ3) is 6.75. The van der Waals surface area contributed by atoms with Crippen LogP contribution in [0.25, 0.3) is 43.9 Å². The zero-order chi connectivity index (χ0) is 33.3. The van der Waals surface area contributed by atoms with Gasteiger partial charge in [-0.2, -0.15) is 5.10 Å². The van der Waals surface area contributed by atoms with E-state index in [0.29, 0.717) is 44.0 Å². The molecule has 14 heteroatoms. The van der Waals surface area contributed by atoms with Gasteiger partial charge in [-0.25, -0.2) is 22.5 Å². The first-order valence-electron chi connectivity index (χ1n) is 14.6. The first-order chi connectivity index (χ1) is 22.6. The van der Waals surface area contributed by atoms with E-state index in [0.717, 1.165) is 18.2 Å². The van der Waals surface area contributed by atoms with Crippen LogP contribution >= 0.6 is 11.3 Å². The molecule has 47 heavy (non-hydrogen) atoms. The van der Waals surface area contributed by atoms with E-state index in [-0.39, 0.29) is 55.8 Å². The molecule has 1 fully saturated rings. The minimum atomic E-state index is -2.67. The molecule has 0 spiro atoms. The molecule has 4 aromatic heterocycles. The number of hydrogen-bond acceptors (Lipinski definition) is 8. The summed E-state index contributed by atoms with van der Waals surface area (Å²) in [5.74, 6) is -4.75. The number of alkyl halides is 2. The SMILES string of the molecule is C=CC(=O)N[C@H](C)c1cc(-c2nc(-c3ccc(CN4CC(F)(F)C4)nc3)c3ccsc3c2-c2c(F)cc(F)cc2OCCOC)n[nH]1. The van der Waals surface area contributed by atoms with E-state index in [4.69, 9.17) is 14.5 Å². The van der Waals surface area contributed by atoms with Gasteiger partial charge >= 0.3 is 0 Å². The van der Waals surface area contributed by atoms with Crippen LogP contribution in [0.1, 0.15) is 24.4 Å². The summed E-state index contributed by atoms with van der Waals surface area (Å²) in [6, 6.07) is 8.54. The Bertz CT molecular complexity index is 1940. The molecule has 5 aromatic rings. The maximum atomic E-state index is 15.9. The van der Waals surface area contributed by atoms with Crippen LogP contribution in [0.2, 0.25) is 0 Å². The zero-order valence-electron chi connectivity index (χ0n) is 25.4. The zero-order valence-corrected chi connectivity index (χ0v) is 26.3. The van der Waals surface area contributed by atoms with Crippen molar-refractivity contribution in [1.82, 2.24) is 30.4 Å². The number of fused-ring (bicyclic) bond motifs is 1. The Balaban J connectivity index is 1.50. The lowest BCUT2D eigenvalue weighted by molar-refractivity contribution is -0.134. The standard InChI is InChI=1S/C33H30F4N6O3S/c1-4-27(44)39-18(2)24-13-25(42-41-24)31-29(28-23(35)11-20(34)12-26(28)46-9-8-45-3)32-22(7-10-47-32)30(40-31)19-5-6-21(38-14-19)15-43-16-33(36,37)17-43/h4-7,10-14,18H,1,8-9,15-17H2,2-3H3,(H,39,44)(H,41,42)/t18-/m1/s1. The number of nitrogens with zero attached hydrogens (tertiary/aromatic N) is 4. The topological polar surface area (TPSA) is 105 Å². The van der Waals surface area contributed by atoms with E-state index in [1.165, 1.54) is 18.4 Å². The van der Waals surface area contributed by atoms with Gasteiger partial charge in [0.2, 0.25) is 5.91 Å². The highest BCUT2D eigenvalue weighted by Gasteiger charge is 2.43. The van der Waals surface area contributed by atoms with E-state index in [2.05, 4.69) is 27.1 Å². The van der Waals surface area contributed by atoms with Crippen LogP contribution in [-0.4, -0.2) is 70.3 Å². The van der Waals surface area contributed by atoms with Gasteiger partial charge < -0.3 is 14.8 Å². The number of likely N-dealkylation sites (tertiary alicyclic amines) is 1. The monoisotopic (exact) mass is 666 g/mol. The summed E-state index contributed by atoms with van der Waals surface area (Å²) in [5.41, 5.74) is 3.29. The third-order valence-corrected chi connectivity index (χ3v) is 8.60. The second-order valence-electron chi connectivity index (χ2n) is 11.1. The maximum absolute atomic E-state index is 15.9. The number of carbonyl (C=O) groups excluding carboxylic acids is 1. The molecule has 0 saturated carbocycles. The van der Waals surface area contributed by atoms with Crippen molar-refractivity contribution >= 4 is 27.3 Å². The number of benzene rings is 1. The molecule has 1 saturated heterocycles. The Labute approximate surface area is 271 Å². The van der Waals surface area contributed by atoms with Crippen LogP contribution in [0.15, 0.2) is 60.6 Å². The molecule has 1 aliphatic rings. The van der Waals surface area contributed by atoms with Gasteiger partial charge in [0.25, 0.3) is 5.92 Å². The van der Waals surface area contributed by atoms with Crippen molar-refractivity contribution in [2.45, 2.75) is 25.4 Å². The molecule has 0 aliphatic carbocycles. The van der Waals surface area contributed by atoms with E-state index >= 15 is 4.39 Å². The summed E-state index contributed by atoms with van der Waals surface area (Å²) in [6.07, 6.45) is 2.78. The minimum absolute atomic E-state index is 0.00128. The first-order valence-corrected chi connectivity index (χ1v) is 15.5. The summed E-state index contributed by atoms with van der Waals surface area (Å²) in [5, 5.41) is 12.7. The number of ether oxygens (including phenoxy) is 2. The Morgan fingerprint density at radius 1 is 1.17 bits per heavy atom. The highest BCUT2D eigenvalue weighted by atomic mass is 32.1. The molecule has 0 unspecified atom stereocenters. The molecule has 2 N–H and O–H groups in total. The average Bonchev–Trinajstić information content (AvgIpc) is 3.71. The second kappa shape index (κ2) is 13.2. The van der Waals surface area contributed by atoms with Crippen LogP contribution in [0.5, 0.6) is 5.75 Å². The molecule has 0 bridgehead atoms. The third-order valence-electron chi connectivity index (χ3n) is 7.67. The summed E-state index contributed by atoms with van der Waals surface area (Å²) in [6.45, 7) is 5.15. The Kier molecular flexibility index (Phi) is 9.08. The highest BCUT2D eigenvalue weighted by molar-refractivity contribution is 7.18. The molecule has 1 atom stereocenters. The van der Waals surface area contributed by atoms with Gasteiger partial charge in [0, 0.05) is 53.2 Å². The smallest absolute Gasteiger partial charge is 0.272 e. The fourth-order valence-electron chi connectivity index (χ4n) is 5.44. The van der Waals surface area contributed by atoms with Crippen LogP contribution < -0.4 is 10.1 Å². The van der Waals surface area contributed by atoms with Crippen LogP contribution in [-0.2, 0) is 16.1 Å². The maximum Gasteiger partial charge on any atom is 0.272 e. The quantitative estimate of drug-likeness (QED) is 0.0886. The Morgan fingerprint density at radius 3 is 2.68 bits per heavy atom. The van der Waals surface area contributed by atoms with Crippen molar-refractivity contribution in [3.05, 3.63) is 83.7 Å². The summed E-state index contributed by atoms with van der Waals surface area (Å²) < 4.78 is 68.6. The largest absolute Gasteiger partial charge is 0.490 e. The van der Waals surface area contributed by atoms with Crippen molar-refractivity contribution in [3.63, 3.8) is 0 Å². The lowest BCUT2D eigenvalue weighted by Gasteiger charge is -2.38. The van der Waals surface area contributed by atoms with Crippen molar-refractivity contribution < 1.29 is 31.8 Å². The molecule has 1 amide bonds. The number of carbonyl (C=O) groups is 1. The number of amides is 1. The lowest BCUT2D eigenvalue weighted by Crippen LogP contribution is -2.55. The predicted molar refractivity (Wildman–Crippen MR) is 170 cm³/mol. The number of thiophene rings is 1. The number of nitrogens with one attached hydrogen (secondary N) is 2. The van der Waals surface area contributed by atoms with Gasteiger partial charge in [-0.05, 0) is 42.6 Å². The van der Waals surface area contributed by atoms with Crippen LogP contribution in [0, 0.1) is 11.6 Å². The van der Waals surface area contributed by atoms with Crippen molar-refractivity contribution in [2.75, 3.05) is 33.4 Å². The molecule has 9 nitrogen and oxygen atoms in total. The van der Waals surface area contributed by atoms with Gasteiger partial charge in [0.15, 0.2) is 0 Å². The predicted octanol–water partition coefficient (Wildman–Crippen LogP) is 6.53. The minimum Gasteiger partial charge on any atom is -0.490 e. The van der Waals surface area contributed by atoms with Gasteiger partial charge in [-0.15, -0.1) is 11.3 Å². The average molecular weight is 667 g/mol. The Morgan fingerprint density at radius 2 is 1.98 bits per heavy atom. The van der Waals surface area contributed by atoms with Crippen molar-refractivity contribution in [1.29, 1.82) is 0 Å². The highest BCUT2D eigenvalue weighted by Crippen LogP contribution is 2.47. The number of rotatable bonds is 12. The van der Waals surface area contributed by atoms with Gasteiger partial charge in [0.05, 0.1) is 48.4 Å². The number of aromatic nitrogens is 4. The fraction of sp³-hybridized carbons (Fsp3) is 0.273. The number of methoxy groups -OCH3 is 1. The lowest BCUT2D eigenvalue weighted by atomic mass is 9.96. The van der Waals surface area contributed by atoms with E-state index in [1.54, 1.807) is 30.2 Å². The first kappa shape index (κ1) is 32.3. The second-order valence-corrected chi connectivity index (χ2v) is 12.0. The normalized spacial score (nSPS) is 14.9. The van der Waals surface area contributed by atoms with Crippen molar-refractivity contribution in [3.8, 4) is 39.5 Å². The fourth-order valence-corrected chi connectivity index (χ4v) is 6.39. The van der Waals surface area contributed by atoms with Gasteiger partial charge in [-0.3, -0.25) is 19.8 Å². The molecular weight excluding hydrogens is 636 g/mol. The molecular formula is C33H30F4N6O3S. The van der Waals surface area contributed by atoms with Crippen molar-refractivity contribution in [2.24, 2.45) is 0 Å². The van der Waals surface area contributed by atoms with E-state index in [9.17, 15) is 18.0 Å². The summed E-state index contributed by atoms with van der Waals surface area (Å²) in [7, 11) is 1.49. The Hall–Kier alpha value is -4.66. The molecule has 5 heterocycles. The molecule has 244 valence electrons. The summed E-state index contributed by atoms with van der Waals surface area (Å²) >= 11 is 1.34. The molecule has 1 aliphatic heterocycles. The van der Waals surface area contributed by atoms with Gasteiger partial charge in [-0.1, -0.05) is 6.58 Å². The van der Waals surface area contributed by atoms with E-state index in [1.807, 2.05) is 17.5 Å². The number of pyridine rings is 2. The number of halogens is 4. The number of aromatic amines is 1. The molecule has 1 aromatic carbocycles. The summed E-state index contributed by atoms with van der Waals surface area (Å²) in [4.78, 5) is 23.1. The van der Waals surface area contributed by atoms with Crippen LogP contribution in [0.4, 0.5) is 17.6 Å². The number of hydrogen-bond donors (Lipinski definition) is 2. The van der Waals surface area contributed by atoms with Gasteiger partial charge in [0.1, 0.15) is 35.4 Å². The molecule has 6 rings (SSSR count). The number of H-pyrrole nitrogens is 1. The van der Waals surface area contributed by atoms with Crippen LogP contribution in [0.3, 0.4) is 0 Å². The van der Waals surface area contributed by atoms with E-state index < -0.39 is 23.6 Å². The molecule has 0 radical (unpaired) electrons.